The summed E-state index contributed by atoms with van der Waals surface area (Å²) in [6.07, 6.45) is 0.185. The fraction of sp³-hybridized carbons (Fsp3) is 0.304. The standard InChI is InChI=1S/C23H20ClFN2O5/c1-23(22(29)30-2)9-15-14-5-4-13(25)8-16(14)26-20(15)21(27(23)19(28)10-24)12-3-6-17-18(7-12)32-11-31-17/h3-8,21,26H,9-11H2,1-2H3/t21-,23-/m1/s1. The Hall–Kier alpha value is -3.26. The highest BCUT2D eigenvalue weighted by atomic mass is 35.5. The van der Waals surface area contributed by atoms with Crippen molar-refractivity contribution in [3.05, 3.63) is 59.0 Å². The quantitative estimate of drug-likeness (QED) is 0.478. The van der Waals surface area contributed by atoms with Gasteiger partial charge in [0.15, 0.2) is 11.5 Å². The molecule has 166 valence electrons. The number of ether oxygens (including phenoxy) is 3. The van der Waals surface area contributed by atoms with Gasteiger partial charge in [0.05, 0.1) is 13.2 Å². The fourth-order valence-corrected chi connectivity index (χ4v) is 4.92. The van der Waals surface area contributed by atoms with E-state index in [9.17, 15) is 14.0 Å². The van der Waals surface area contributed by atoms with Crippen molar-refractivity contribution in [3.8, 4) is 11.5 Å². The molecule has 3 heterocycles. The van der Waals surface area contributed by atoms with Crippen molar-refractivity contribution in [1.29, 1.82) is 0 Å². The molecular weight excluding hydrogens is 439 g/mol. The molecule has 0 saturated heterocycles. The van der Waals surface area contributed by atoms with E-state index >= 15 is 0 Å². The van der Waals surface area contributed by atoms with Crippen molar-refractivity contribution in [3.63, 3.8) is 0 Å². The van der Waals surface area contributed by atoms with Gasteiger partial charge in [0.25, 0.3) is 0 Å². The maximum atomic E-state index is 14.0. The molecule has 1 amide bonds. The molecule has 0 saturated carbocycles. The minimum absolute atomic E-state index is 0.102. The topological polar surface area (TPSA) is 80.9 Å². The monoisotopic (exact) mass is 458 g/mol. The van der Waals surface area contributed by atoms with Crippen LogP contribution in [0.3, 0.4) is 0 Å². The first-order valence-corrected chi connectivity index (χ1v) is 10.6. The summed E-state index contributed by atoms with van der Waals surface area (Å²) in [7, 11) is 1.28. The smallest absolute Gasteiger partial charge is 0.331 e. The maximum Gasteiger partial charge on any atom is 0.331 e. The Bertz CT molecular complexity index is 1260. The lowest BCUT2D eigenvalue weighted by Gasteiger charge is -2.47. The van der Waals surface area contributed by atoms with E-state index in [2.05, 4.69) is 4.98 Å². The van der Waals surface area contributed by atoms with E-state index in [1.165, 1.54) is 24.1 Å². The van der Waals surface area contributed by atoms with Gasteiger partial charge in [-0.25, -0.2) is 9.18 Å². The number of nitrogens with zero attached hydrogens (tertiary/aromatic N) is 1. The van der Waals surface area contributed by atoms with E-state index in [0.29, 0.717) is 28.3 Å². The van der Waals surface area contributed by atoms with E-state index in [-0.39, 0.29) is 24.9 Å². The summed E-state index contributed by atoms with van der Waals surface area (Å²) in [6, 6.07) is 9.08. The van der Waals surface area contributed by atoms with Crippen LogP contribution in [0.4, 0.5) is 4.39 Å². The highest BCUT2D eigenvalue weighted by molar-refractivity contribution is 6.27. The first kappa shape index (κ1) is 20.6. The Balaban J connectivity index is 1.80. The average molecular weight is 459 g/mol. The van der Waals surface area contributed by atoms with Gasteiger partial charge < -0.3 is 24.1 Å². The number of H-pyrrole nitrogens is 1. The number of rotatable bonds is 3. The summed E-state index contributed by atoms with van der Waals surface area (Å²) in [5, 5.41) is 0.778. The van der Waals surface area contributed by atoms with E-state index in [0.717, 1.165) is 10.9 Å². The van der Waals surface area contributed by atoms with Crippen LogP contribution in [0.1, 0.15) is 29.8 Å². The van der Waals surface area contributed by atoms with Crippen molar-refractivity contribution < 1.29 is 28.2 Å². The normalized spacial score (nSPS) is 21.5. The van der Waals surface area contributed by atoms with Crippen molar-refractivity contribution in [2.75, 3.05) is 19.8 Å². The van der Waals surface area contributed by atoms with Gasteiger partial charge in [-0.1, -0.05) is 6.07 Å². The van der Waals surface area contributed by atoms with Crippen LogP contribution in [0.5, 0.6) is 11.5 Å². The molecule has 0 unspecified atom stereocenters. The largest absolute Gasteiger partial charge is 0.467 e. The van der Waals surface area contributed by atoms with Crippen LogP contribution in [0, 0.1) is 5.82 Å². The van der Waals surface area contributed by atoms with Crippen LogP contribution >= 0.6 is 11.6 Å². The third kappa shape index (κ3) is 2.93. The van der Waals surface area contributed by atoms with Gasteiger partial charge in [0.1, 0.15) is 17.2 Å². The molecule has 0 fully saturated rings. The summed E-state index contributed by atoms with van der Waals surface area (Å²) >= 11 is 5.99. The van der Waals surface area contributed by atoms with Gasteiger partial charge in [0, 0.05) is 23.0 Å². The summed E-state index contributed by atoms with van der Waals surface area (Å²) < 4.78 is 30.0. The van der Waals surface area contributed by atoms with E-state index < -0.39 is 23.5 Å². The molecule has 2 aliphatic heterocycles. The second kappa shape index (κ2) is 7.41. The molecule has 7 nitrogen and oxygen atoms in total. The minimum atomic E-state index is -1.34. The summed E-state index contributed by atoms with van der Waals surface area (Å²) in [5.41, 5.74) is 1.43. The highest BCUT2D eigenvalue weighted by Crippen LogP contribution is 2.47. The zero-order valence-corrected chi connectivity index (χ0v) is 18.2. The van der Waals surface area contributed by atoms with Crippen LogP contribution in [-0.2, 0) is 20.7 Å². The van der Waals surface area contributed by atoms with Crippen molar-refractivity contribution in [1.82, 2.24) is 9.88 Å². The number of esters is 1. The zero-order chi connectivity index (χ0) is 22.6. The number of methoxy groups -OCH3 is 1. The van der Waals surface area contributed by atoms with E-state index in [1.54, 1.807) is 25.1 Å². The summed E-state index contributed by atoms with van der Waals surface area (Å²) in [6.45, 7) is 1.76. The predicted molar refractivity (Wildman–Crippen MR) is 114 cm³/mol. The number of aromatic nitrogens is 1. The Kier molecular flexibility index (Phi) is 4.78. The molecule has 2 aromatic carbocycles. The number of benzene rings is 2. The first-order valence-electron chi connectivity index (χ1n) is 10.0. The lowest BCUT2D eigenvalue weighted by atomic mass is 9.80. The molecule has 1 aromatic heterocycles. The number of halogens is 2. The summed E-state index contributed by atoms with van der Waals surface area (Å²) in [5.74, 6) is -0.580. The molecule has 1 N–H and O–H groups in total. The van der Waals surface area contributed by atoms with Crippen molar-refractivity contribution in [2.24, 2.45) is 0 Å². The Labute approximate surface area is 188 Å². The SMILES string of the molecule is COC(=O)[C@@]1(C)Cc2c([nH]c3cc(F)ccc23)[C@@H](c2ccc3c(c2)OCO3)N1C(=O)CCl. The predicted octanol–water partition coefficient (Wildman–Crippen LogP) is 3.68. The number of carbonyl (C=O) groups is 2. The van der Waals surface area contributed by atoms with Gasteiger partial charge in [-0.05, 0) is 48.4 Å². The van der Waals surface area contributed by atoms with E-state index in [4.69, 9.17) is 25.8 Å². The van der Waals surface area contributed by atoms with Crippen LogP contribution in [0.2, 0.25) is 0 Å². The minimum Gasteiger partial charge on any atom is -0.467 e. The Morgan fingerprint density at radius 3 is 2.78 bits per heavy atom. The number of carbonyl (C=O) groups excluding carboxylic acids is 2. The van der Waals surface area contributed by atoms with Gasteiger partial charge in [0.2, 0.25) is 12.7 Å². The number of hydrogen-bond acceptors (Lipinski definition) is 5. The second-order valence-electron chi connectivity index (χ2n) is 8.06. The third-order valence-corrected chi connectivity index (χ3v) is 6.43. The van der Waals surface area contributed by atoms with Crippen LogP contribution < -0.4 is 9.47 Å². The number of nitrogens with one attached hydrogen (secondary N) is 1. The van der Waals surface area contributed by atoms with Crippen molar-refractivity contribution in [2.45, 2.75) is 24.9 Å². The van der Waals surface area contributed by atoms with Crippen molar-refractivity contribution >= 4 is 34.4 Å². The zero-order valence-electron chi connectivity index (χ0n) is 17.4. The van der Waals surface area contributed by atoms with Crippen LogP contribution in [0.15, 0.2) is 36.4 Å². The fourth-order valence-electron chi connectivity index (χ4n) is 4.79. The first-order chi connectivity index (χ1) is 15.4. The summed E-state index contributed by atoms with van der Waals surface area (Å²) in [4.78, 5) is 30.9. The molecule has 9 heteroatoms. The molecule has 3 aromatic rings. The molecule has 2 aliphatic rings. The van der Waals surface area contributed by atoms with Crippen LogP contribution in [-0.4, -0.2) is 47.1 Å². The Morgan fingerprint density at radius 1 is 1.25 bits per heavy atom. The molecule has 0 radical (unpaired) electrons. The average Bonchev–Trinajstić information content (AvgIpc) is 3.40. The number of alkyl halides is 1. The molecule has 5 rings (SSSR count). The van der Waals surface area contributed by atoms with E-state index in [1.807, 2.05) is 6.07 Å². The number of amides is 1. The third-order valence-electron chi connectivity index (χ3n) is 6.21. The van der Waals surface area contributed by atoms with Gasteiger partial charge in [-0.2, -0.15) is 0 Å². The van der Waals surface area contributed by atoms with Gasteiger partial charge >= 0.3 is 5.97 Å². The molecule has 0 aliphatic carbocycles. The number of aromatic amines is 1. The second-order valence-corrected chi connectivity index (χ2v) is 8.33. The lowest BCUT2D eigenvalue weighted by molar-refractivity contribution is -0.163. The van der Waals surface area contributed by atoms with Gasteiger partial charge in [-0.15, -0.1) is 11.6 Å². The molecule has 32 heavy (non-hydrogen) atoms. The molecule has 0 spiro atoms. The van der Waals surface area contributed by atoms with Crippen LogP contribution in [0.25, 0.3) is 10.9 Å². The molecule has 2 atom stereocenters. The Morgan fingerprint density at radius 2 is 2.03 bits per heavy atom. The van der Waals surface area contributed by atoms with Gasteiger partial charge in [-0.3, -0.25) is 4.79 Å². The number of fused-ring (bicyclic) bond motifs is 4. The molecule has 0 bridgehead atoms. The maximum absolute atomic E-state index is 14.0. The highest BCUT2D eigenvalue weighted by Gasteiger charge is 2.52. The molecular formula is C23H20ClFN2O5. The number of hydrogen-bond donors (Lipinski definition) is 1. The lowest BCUT2D eigenvalue weighted by Crippen LogP contribution is -2.61.